The Morgan fingerprint density at radius 2 is 1.61 bits per heavy atom. The molecule has 2 N–H and O–H groups in total. The van der Waals surface area contributed by atoms with Crippen LogP contribution in [-0.2, 0) is 4.74 Å². The second-order valence-corrected chi connectivity index (χ2v) is 9.58. The fraction of sp³-hybridized carbons (Fsp3) is 0.900. The number of fused-ring (bicyclic) bond motifs is 3. The topological polar surface area (TPSA) is 49.7 Å². The number of rotatable bonds is 1. The van der Waals surface area contributed by atoms with Crippen molar-refractivity contribution in [1.82, 2.24) is 0 Å². The van der Waals surface area contributed by atoms with Crippen molar-refractivity contribution < 1.29 is 14.9 Å². The summed E-state index contributed by atoms with van der Waals surface area (Å²) in [5.74, 6) is 0.645. The molecule has 0 spiro atoms. The van der Waals surface area contributed by atoms with Gasteiger partial charge < -0.3 is 14.9 Å². The Balaban J connectivity index is 2.01. The minimum atomic E-state index is -0.523. The molecule has 1 heterocycles. The van der Waals surface area contributed by atoms with Crippen molar-refractivity contribution in [2.24, 2.45) is 22.7 Å². The molecule has 3 heteroatoms. The molecule has 7 atom stereocenters. The molecule has 132 valence electrons. The van der Waals surface area contributed by atoms with Gasteiger partial charge in [-0.3, -0.25) is 0 Å². The molecule has 0 amide bonds. The lowest BCUT2D eigenvalue weighted by Gasteiger charge is -2.67. The predicted octanol–water partition coefficient (Wildman–Crippen LogP) is 3.68. The molecule has 0 unspecified atom stereocenters. The molecule has 2 aliphatic carbocycles. The van der Waals surface area contributed by atoms with Crippen LogP contribution in [0, 0.1) is 22.7 Å². The minimum Gasteiger partial charge on any atom is -0.393 e. The molecule has 23 heavy (non-hydrogen) atoms. The Kier molecular flexibility index (Phi) is 3.84. The van der Waals surface area contributed by atoms with Crippen LogP contribution in [-0.4, -0.2) is 33.6 Å². The quantitative estimate of drug-likeness (QED) is 0.724. The van der Waals surface area contributed by atoms with Gasteiger partial charge in [0, 0.05) is 0 Å². The van der Waals surface area contributed by atoms with Crippen molar-refractivity contribution in [2.45, 2.75) is 90.1 Å². The second kappa shape index (κ2) is 5.06. The first-order chi connectivity index (χ1) is 10.5. The van der Waals surface area contributed by atoms with Crippen LogP contribution in [0.4, 0.5) is 0 Å². The number of ether oxygens (including phenoxy) is 1. The van der Waals surface area contributed by atoms with Crippen LogP contribution in [0.3, 0.4) is 0 Å². The van der Waals surface area contributed by atoms with Crippen LogP contribution in [0.2, 0.25) is 0 Å². The summed E-state index contributed by atoms with van der Waals surface area (Å²) in [6.07, 6.45) is 5.70. The summed E-state index contributed by atoms with van der Waals surface area (Å²) in [5, 5.41) is 21.6. The third-order valence-electron chi connectivity index (χ3n) is 7.93. The summed E-state index contributed by atoms with van der Waals surface area (Å²) >= 11 is 0. The van der Waals surface area contributed by atoms with E-state index in [4.69, 9.17) is 4.74 Å². The second-order valence-electron chi connectivity index (χ2n) is 9.58. The fourth-order valence-corrected chi connectivity index (χ4v) is 6.29. The maximum Gasteiger partial charge on any atom is 0.0957 e. The van der Waals surface area contributed by atoms with Crippen molar-refractivity contribution in [3.8, 4) is 0 Å². The van der Waals surface area contributed by atoms with Crippen molar-refractivity contribution in [3.63, 3.8) is 0 Å². The zero-order chi connectivity index (χ0) is 17.3. The zero-order valence-electron chi connectivity index (χ0n) is 15.4. The lowest BCUT2D eigenvalue weighted by atomic mass is 9.43. The summed E-state index contributed by atoms with van der Waals surface area (Å²) < 4.78 is 6.51. The Labute approximate surface area is 141 Å². The monoisotopic (exact) mass is 322 g/mol. The first kappa shape index (κ1) is 17.4. The van der Waals surface area contributed by atoms with Crippen LogP contribution >= 0.6 is 0 Å². The summed E-state index contributed by atoms with van der Waals surface area (Å²) in [5.41, 5.74) is -0.919. The van der Waals surface area contributed by atoms with Crippen molar-refractivity contribution in [2.75, 3.05) is 0 Å². The van der Waals surface area contributed by atoms with E-state index in [0.717, 1.165) is 25.7 Å². The van der Waals surface area contributed by atoms with Gasteiger partial charge in [0.05, 0.1) is 23.4 Å². The van der Waals surface area contributed by atoms with E-state index in [9.17, 15) is 10.2 Å². The molecule has 3 fully saturated rings. The molecule has 1 aliphatic heterocycles. The molecule has 3 rings (SSSR count). The predicted molar refractivity (Wildman–Crippen MR) is 92.1 cm³/mol. The van der Waals surface area contributed by atoms with Crippen LogP contribution < -0.4 is 0 Å². The van der Waals surface area contributed by atoms with E-state index in [2.05, 4.69) is 41.2 Å². The molecule has 0 bridgehead atoms. The van der Waals surface area contributed by atoms with E-state index in [1.807, 2.05) is 6.08 Å². The normalized spacial score (nSPS) is 55.6. The molecule has 3 aliphatic rings. The van der Waals surface area contributed by atoms with Gasteiger partial charge in [-0.25, -0.2) is 0 Å². The van der Waals surface area contributed by atoms with E-state index in [-0.39, 0.29) is 22.5 Å². The summed E-state index contributed by atoms with van der Waals surface area (Å²) in [7, 11) is 0. The maximum atomic E-state index is 11.0. The van der Waals surface area contributed by atoms with Gasteiger partial charge >= 0.3 is 0 Å². The van der Waals surface area contributed by atoms with Gasteiger partial charge in [-0.15, -0.1) is 6.58 Å². The lowest BCUT2D eigenvalue weighted by Crippen LogP contribution is -2.69. The van der Waals surface area contributed by atoms with Gasteiger partial charge in [-0.1, -0.05) is 26.8 Å². The summed E-state index contributed by atoms with van der Waals surface area (Å²) in [6, 6.07) is 0. The van der Waals surface area contributed by atoms with Crippen LogP contribution in [0.15, 0.2) is 12.7 Å². The Bertz CT molecular complexity index is 501. The highest BCUT2D eigenvalue weighted by atomic mass is 16.5. The van der Waals surface area contributed by atoms with Gasteiger partial charge in [0.2, 0.25) is 0 Å². The highest BCUT2D eigenvalue weighted by Gasteiger charge is 2.65. The third kappa shape index (κ3) is 2.26. The molecular weight excluding hydrogens is 288 g/mol. The number of aliphatic hydroxyl groups is 2. The average Bonchev–Trinajstić information content (AvgIpc) is 2.47. The van der Waals surface area contributed by atoms with Crippen LogP contribution in [0.25, 0.3) is 0 Å². The molecule has 3 nitrogen and oxygen atoms in total. The highest BCUT2D eigenvalue weighted by molar-refractivity contribution is 5.16. The first-order valence-corrected chi connectivity index (χ1v) is 9.19. The van der Waals surface area contributed by atoms with Crippen molar-refractivity contribution >= 4 is 0 Å². The number of hydrogen-bond acceptors (Lipinski definition) is 3. The fourth-order valence-electron chi connectivity index (χ4n) is 6.29. The van der Waals surface area contributed by atoms with Crippen molar-refractivity contribution in [3.05, 3.63) is 12.7 Å². The molecule has 1 saturated heterocycles. The smallest absolute Gasteiger partial charge is 0.0957 e. The molecule has 0 aromatic rings. The Hall–Kier alpha value is -0.380. The van der Waals surface area contributed by atoms with Gasteiger partial charge in [-0.2, -0.15) is 0 Å². The third-order valence-corrected chi connectivity index (χ3v) is 7.93. The largest absolute Gasteiger partial charge is 0.393 e. The standard InChI is InChI=1S/C20H34O3/c1-7-18(4)10-8-13-19(5)11-9-15(21)17(2,3)14(19)12-16(22)20(13,6)23-18/h7,13-16,21-22H,1,8-12H2,2-6H3/t13-,14+,15+,16+,18+,19-,20+/m1/s1. The van der Waals surface area contributed by atoms with Crippen molar-refractivity contribution in [1.29, 1.82) is 0 Å². The zero-order valence-corrected chi connectivity index (χ0v) is 15.4. The van der Waals surface area contributed by atoms with E-state index in [1.54, 1.807) is 0 Å². The summed E-state index contributed by atoms with van der Waals surface area (Å²) in [6.45, 7) is 14.8. The Morgan fingerprint density at radius 1 is 0.957 bits per heavy atom. The molecule has 0 aromatic carbocycles. The van der Waals surface area contributed by atoms with E-state index < -0.39 is 11.7 Å². The van der Waals surface area contributed by atoms with Crippen LogP contribution in [0.5, 0.6) is 0 Å². The van der Waals surface area contributed by atoms with Crippen LogP contribution in [0.1, 0.15) is 66.7 Å². The highest BCUT2D eigenvalue weighted by Crippen LogP contribution is 2.65. The molecule has 2 saturated carbocycles. The molecule has 0 radical (unpaired) electrons. The van der Waals surface area contributed by atoms with Gasteiger partial charge in [-0.05, 0) is 68.6 Å². The van der Waals surface area contributed by atoms with E-state index in [0.29, 0.717) is 18.3 Å². The molecular formula is C20H34O3. The first-order valence-electron chi connectivity index (χ1n) is 9.19. The van der Waals surface area contributed by atoms with Gasteiger partial charge in [0.15, 0.2) is 0 Å². The minimum absolute atomic E-state index is 0.110. The maximum absolute atomic E-state index is 11.0. The number of aliphatic hydroxyl groups excluding tert-OH is 2. The SMILES string of the molecule is C=C[C@@]1(C)CC[C@@H]2[C@@]3(C)CC[C@H](O)C(C)(C)[C@@H]3C[C@H](O)[C@@]2(C)O1. The van der Waals surface area contributed by atoms with Gasteiger partial charge in [0.25, 0.3) is 0 Å². The van der Waals surface area contributed by atoms with Gasteiger partial charge in [0.1, 0.15) is 0 Å². The van der Waals surface area contributed by atoms with E-state index in [1.165, 1.54) is 0 Å². The molecule has 0 aromatic heterocycles. The Morgan fingerprint density at radius 3 is 2.22 bits per heavy atom. The number of hydrogen-bond donors (Lipinski definition) is 2. The lowest BCUT2D eigenvalue weighted by molar-refractivity contribution is -0.297. The van der Waals surface area contributed by atoms with E-state index >= 15 is 0 Å². The summed E-state index contributed by atoms with van der Waals surface area (Å²) in [4.78, 5) is 0. The average molecular weight is 322 g/mol.